The minimum atomic E-state index is -1.02. The highest BCUT2D eigenvalue weighted by Crippen LogP contribution is 2.15. The Labute approximate surface area is 131 Å². The van der Waals surface area contributed by atoms with E-state index in [1.54, 1.807) is 6.08 Å². The van der Waals surface area contributed by atoms with Crippen molar-refractivity contribution in [2.24, 2.45) is 0 Å². The third-order valence-electron chi connectivity index (χ3n) is 2.85. The molecule has 1 rings (SSSR count). The van der Waals surface area contributed by atoms with E-state index in [4.69, 9.17) is 9.84 Å². The second-order valence-corrected chi connectivity index (χ2v) is 5.26. The number of benzene rings is 1. The Hall–Kier alpha value is -2.30. The van der Waals surface area contributed by atoms with Gasteiger partial charge in [-0.2, -0.15) is 0 Å². The lowest BCUT2D eigenvalue weighted by molar-refractivity contribution is -0.141. The molecule has 0 aromatic heterocycles. The van der Waals surface area contributed by atoms with E-state index in [1.807, 2.05) is 45.0 Å². The van der Waals surface area contributed by atoms with Crippen LogP contribution in [0.15, 0.2) is 30.3 Å². The molecule has 0 fully saturated rings. The van der Waals surface area contributed by atoms with Gasteiger partial charge < -0.3 is 15.2 Å². The van der Waals surface area contributed by atoms with Gasteiger partial charge in [-0.1, -0.05) is 25.5 Å². The maximum absolute atomic E-state index is 11.8. The SMILES string of the molecule is CCCC(NC(=O)/C=C/c1cccc(OC(C)C)c1)C(=O)O. The highest BCUT2D eigenvalue weighted by molar-refractivity contribution is 5.94. The molecule has 1 atom stereocenters. The quantitative estimate of drug-likeness (QED) is 0.724. The minimum Gasteiger partial charge on any atom is -0.491 e. The largest absolute Gasteiger partial charge is 0.491 e. The molecule has 120 valence electrons. The van der Waals surface area contributed by atoms with E-state index in [0.29, 0.717) is 12.8 Å². The lowest BCUT2D eigenvalue weighted by Gasteiger charge is -2.11. The number of hydrogen-bond acceptors (Lipinski definition) is 3. The molecule has 1 aromatic carbocycles. The van der Waals surface area contributed by atoms with Gasteiger partial charge in [0.05, 0.1) is 6.10 Å². The Morgan fingerprint density at radius 1 is 1.36 bits per heavy atom. The lowest BCUT2D eigenvalue weighted by Crippen LogP contribution is -2.39. The number of rotatable bonds is 8. The van der Waals surface area contributed by atoms with Crippen LogP contribution in [0.4, 0.5) is 0 Å². The Morgan fingerprint density at radius 2 is 2.09 bits per heavy atom. The van der Waals surface area contributed by atoms with E-state index < -0.39 is 17.9 Å². The molecule has 0 aliphatic carbocycles. The molecule has 0 saturated carbocycles. The van der Waals surface area contributed by atoms with E-state index in [9.17, 15) is 9.59 Å². The van der Waals surface area contributed by atoms with Crippen molar-refractivity contribution in [1.29, 1.82) is 0 Å². The van der Waals surface area contributed by atoms with Gasteiger partial charge in [0.15, 0.2) is 0 Å². The molecule has 0 aliphatic rings. The molecule has 0 heterocycles. The number of ether oxygens (including phenoxy) is 1. The topological polar surface area (TPSA) is 75.6 Å². The Kier molecular flexibility index (Phi) is 7.16. The third kappa shape index (κ3) is 6.43. The second-order valence-electron chi connectivity index (χ2n) is 5.26. The molecule has 5 nitrogen and oxygen atoms in total. The summed E-state index contributed by atoms with van der Waals surface area (Å²) in [4.78, 5) is 22.8. The fraction of sp³-hybridized carbons (Fsp3) is 0.412. The molecular formula is C17H23NO4. The molecule has 0 saturated heterocycles. The number of amides is 1. The van der Waals surface area contributed by atoms with Crippen molar-refractivity contribution in [2.45, 2.75) is 45.8 Å². The van der Waals surface area contributed by atoms with Gasteiger partial charge in [-0.15, -0.1) is 0 Å². The number of hydrogen-bond donors (Lipinski definition) is 2. The van der Waals surface area contributed by atoms with Gasteiger partial charge in [-0.25, -0.2) is 4.79 Å². The number of aliphatic carboxylic acids is 1. The summed E-state index contributed by atoms with van der Waals surface area (Å²) >= 11 is 0. The summed E-state index contributed by atoms with van der Waals surface area (Å²) in [7, 11) is 0. The molecule has 0 bridgehead atoms. The Bertz CT molecular complexity index is 537. The van der Waals surface area contributed by atoms with Gasteiger partial charge in [0.2, 0.25) is 5.91 Å². The van der Waals surface area contributed by atoms with Crippen molar-refractivity contribution in [1.82, 2.24) is 5.32 Å². The van der Waals surface area contributed by atoms with E-state index in [1.165, 1.54) is 6.08 Å². The molecule has 0 aliphatic heterocycles. The van der Waals surface area contributed by atoms with Crippen molar-refractivity contribution in [3.8, 4) is 5.75 Å². The van der Waals surface area contributed by atoms with E-state index in [2.05, 4.69) is 5.32 Å². The molecule has 0 radical (unpaired) electrons. The fourth-order valence-electron chi connectivity index (χ4n) is 1.90. The van der Waals surface area contributed by atoms with Crippen LogP contribution in [0.2, 0.25) is 0 Å². The van der Waals surface area contributed by atoms with E-state index in [0.717, 1.165) is 11.3 Å². The second kappa shape index (κ2) is 8.87. The first-order chi connectivity index (χ1) is 10.4. The zero-order valence-electron chi connectivity index (χ0n) is 13.2. The van der Waals surface area contributed by atoms with Gasteiger partial charge in [0, 0.05) is 6.08 Å². The van der Waals surface area contributed by atoms with E-state index in [-0.39, 0.29) is 6.10 Å². The molecule has 5 heteroatoms. The van der Waals surface area contributed by atoms with Crippen LogP contribution in [-0.4, -0.2) is 29.1 Å². The van der Waals surface area contributed by atoms with Crippen LogP contribution < -0.4 is 10.1 Å². The van der Waals surface area contributed by atoms with E-state index >= 15 is 0 Å². The van der Waals surface area contributed by atoms with Crippen molar-refractivity contribution >= 4 is 18.0 Å². The first-order valence-corrected chi connectivity index (χ1v) is 7.40. The lowest BCUT2D eigenvalue weighted by atomic mass is 10.1. The van der Waals surface area contributed by atoms with Crippen molar-refractivity contribution < 1.29 is 19.4 Å². The average Bonchev–Trinajstić information content (AvgIpc) is 2.44. The average molecular weight is 305 g/mol. The molecule has 22 heavy (non-hydrogen) atoms. The zero-order chi connectivity index (χ0) is 16.5. The van der Waals surface area contributed by atoms with Crippen LogP contribution in [-0.2, 0) is 9.59 Å². The van der Waals surface area contributed by atoms with Crippen LogP contribution in [0.5, 0.6) is 5.75 Å². The summed E-state index contributed by atoms with van der Waals surface area (Å²) in [5.74, 6) is -0.709. The van der Waals surface area contributed by atoms with Crippen LogP contribution in [0.25, 0.3) is 6.08 Å². The first-order valence-electron chi connectivity index (χ1n) is 7.40. The molecule has 2 N–H and O–H groups in total. The molecule has 1 aromatic rings. The first kappa shape index (κ1) is 17.8. The summed E-state index contributed by atoms with van der Waals surface area (Å²) in [5.41, 5.74) is 0.815. The number of carboxylic acids is 1. The predicted molar refractivity (Wildman–Crippen MR) is 85.7 cm³/mol. The van der Waals surface area contributed by atoms with Gasteiger partial charge in [-0.3, -0.25) is 4.79 Å². The third-order valence-corrected chi connectivity index (χ3v) is 2.85. The van der Waals surface area contributed by atoms with Gasteiger partial charge >= 0.3 is 5.97 Å². The van der Waals surface area contributed by atoms with Gasteiger partial charge in [0.25, 0.3) is 0 Å². The standard InChI is InChI=1S/C17H23NO4/c1-4-6-15(17(20)21)18-16(19)10-9-13-7-5-8-14(11-13)22-12(2)3/h5,7-12,15H,4,6H2,1-3H3,(H,18,19)(H,20,21)/b10-9+. The summed E-state index contributed by atoms with van der Waals surface area (Å²) in [6.07, 6.45) is 4.14. The Morgan fingerprint density at radius 3 is 2.68 bits per heavy atom. The number of carbonyl (C=O) groups excluding carboxylic acids is 1. The summed E-state index contributed by atoms with van der Waals surface area (Å²) in [6.45, 7) is 5.75. The fourth-order valence-corrected chi connectivity index (χ4v) is 1.90. The highest BCUT2D eigenvalue weighted by atomic mass is 16.5. The van der Waals surface area contributed by atoms with Crippen LogP contribution in [0, 0.1) is 0 Å². The summed E-state index contributed by atoms with van der Waals surface area (Å²) in [6, 6.07) is 6.51. The normalized spacial score (nSPS) is 12.4. The number of carbonyl (C=O) groups is 2. The maximum Gasteiger partial charge on any atom is 0.326 e. The molecule has 0 spiro atoms. The smallest absolute Gasteiger partial charge is 0.326 e. The minimum absolute atomic E-state index is 0.0768. The maximum atomic E-state index is 11.8. The molecule has 1 amide bonds. The molecular weight excluding hydrogens is 282 g/mol. The Balaban J connectivity index is 2.67. The van der Waals surface area contributed by atoms with Crippen molar-refractivity contribution in [2.75, 3.05) is 0 Å². The van der Waals surface area contributed by atoms with Gasteiger partial charge in [-0.05, 0) is 44.0 Å². The van der Waals surface area contributed by atoms with Crippen LogP contribution in [0.1, 0.15) is 39.2 Å². The number of nitrogens with one attached hydrogen (secondary N) is 1. The number of carboxylic acid groups (broad SMARTS) is 1. The van der Waals surface area contributed by atoms with Crippen molar-refractivity contribution in [3.63, 3.8) is 0 Å². The summed E-state index contributed by atoms with van der Waals surface area (Å²) < 4.78 is 5.58. The van der Waals surface area contributed by atoms with Crippen LogP contribution in [0.3, 0.4) is 0 Å². The zero-order valence-corrected chi connectivity index (χ0v) is 13.2. The highest BCUT2D eigenvalue weighted by Gasteiger charge is 2.17. The molecule has 1 unspecified atom stereocenters. The monoisotopic (exact) mass is 305 g/mol. The summed E-state index contributed by atoms with van der Waals surface area (Å²) in [5, 5.41) is 11.5. The van der Waals surface area contributed by atoms with Crippen molar-refractivity contribution in [3.05, 3.63) is 35.9 Å². The van der Waals surface area contributed by atoms with Crippen LogP contribution >= 0.6 is 0 Å². The predicted octanol–water partition coefficient (Wildman–Crippen LogP) is 2.86. The van der Waals surface area contributed by atoms with Gasteiger partial charge in [0.1, 0.15) is 11.8 Å².